The first-order chi connectivity index (χ1) is 8.84. The van der Waals surface area contributed by atoms with Crippen LogP contribution in [0.15, 0.2) is 15.7 Å². The van der Waals surface area contributed by atoms with E-state index in [1.54, 1.807) is 0 Å². The summed E-state index contributed by atoms with van der Waals surface area (Å²) in [4.78, 5) is 10.8. The molecular weight excluding hydrogens is 286 g/mol. The molecule has 1 saturated heterocycles. The Morgan fingerprint density at radius 2 is 2.16 bits per heavy atom. The third-order valence-electron chi connectivity index (χ3n) is 3.70. The molecule has 1 aromatic rings. The fraction of sp³-hybridized carbons (Fsp3) is 0.583. The van der Waals surface area contributed by atoms with Crippen LogP contribution in [0.4, 0.5) is 0 Å². The van der Waals surface area contributed by atoms with Crippen LogP contribution in [0.25, 0.3) is 0 Å². The van der Waals surface area contributed by atoms with Gasteiger partial charge in [-0.05, 0) is 31.7 Å². The first-order valence-corrected chi connectivity index (χ1v) is 8.49. The van der Waals surface area contributed by atoms with Crippen LogP contribution >= 0.6 is 11.3 Å². The lowest BCUT2D eigenvalue weighted by atomic mass is 9.94. The Morgan fingerprint density at radius 1 is 1.47 bits per heavy atom. The maximum atomic E-state index is 12.5. The lowest BCUT2D eigenvalue weighted by molar-refractivity contribution is 0.0697. The molecule has 0 aliphatic carbocycles. The summed E-state index contributed by atoms with van der Waals surface area (Å²) in [5.74, 6) is -0.778. The predicted octanol–water partition coefficient (Wildman–Crippen LogP) is 2.26. The molecule has 0 radical (unpaired) electrons. The number of aromatic carboxylic acids is 1. The standard InChI is InChI=1S/C12H17NO4S2/c1-8-4-3-5-13(9(8)2)19(16,17)11-6-10(7-18-11)12(14)15/h6-9H,3-5H2,1-2H3,(H,14,15). The van der Waals surface area contributed by atoms with Crippen LogP contribution in [0.3, 0.4) is 0 Å². The summed E-state index contributed by atoms with van der Waals surface area (Å²) in [5, 5.41) is 10.2. The zero-order valence-corrected chi connectivity index (χ0v) is 12.5. The van der Waals surface area contributed by atoms with Gasteiger partial charge in [0.2, 0.25) is 0 Å². The van der Waals surface area contributed by atoms with Crippen LogP contribution in [0.5, 0.6) is 0 Å². The number of hydrogen-bond donors (Lipinski definition) is 1. The summed E-state index contributed by atoms with van der Waals surface area (Å²) in [5.41, 5.74) is 0.0290. The molecule has 2 unspecified atom stereocenters. The number of sulfonamides is 1. The quantitative estimate of drug-likeness (QED) is 0.929. The summed E-state index contributed by atoms with van der Waals surface area (Å²) in [7, 11) is -3.57. The minimum Gasteiger partial charge on any atom is -0.478 e. The summed E-state index contributed by atoms with van der Waals surface area (Å²) >= 11 is 0.971. The van der Waals surface area contributed by atoms with Crippen molar-refractivity contribution in [3.8, 4) is 0 Å². The molecule has 7 heteroatoms. The minimum absolute atomic E-state index is 0.0290. The van der Waals surface area contributed by atoms with Crippen LogP contribution in [-0.4, -0.2) is 36.4 Å². The average Bonchev–Trinajstić information content (AvgIpc) is 2.82. The minimum atomic E-state index is -3.57. The van der Waals surface area contributed by atoms with Gasteiger partial charge < -0.3 is 5.11 Å². The molecule has 1 fully saturated rings. The van der Waals surface area contributed by atoms with Crippen LogP contribution in [0.1, 0.15) is 37.0 Å². The molecule has 1 N–H and O–H groups in total. The smallest absolute Gasteiger partial charge is 0.336 e. The number of nitrogens with zero attached hydrogens (tertiary/aromatic N) is 1. The van der Waals surface area contributed by atoms with Gasteiger partial charge in [0.05, 0.1) is 5.56 Å². The van der Waals surface area contributed by atoms with Gasteiger partial charge >= 0.3 is 5.97 Å². The molecule has 2 rings (SSSR count). The first kappa shape index (κ1) is 14.5. The van der Waals surface area contributed by atoms with Gasteiger partial charge in [-0.3, -0.25) is 0 Å². The highest BCUT2D eigenvalue weighted by Gasteiger charge is 2.35. The third kappa shape index (κ3) is 2.68. The molecule has 2 atom stereocenters. The molecule has 1 aliphatic heterocycles. The number of piperidine rings is 1. The van der Waals surface area contributed by atoms with E-state index < -0.39 is 16.0 Å². The Labute approximate surface area is 116 Å². The fourth-order valence-electron chi connectivity index (χ4n) is 2.32. The second kappa shape index (κ2) is 5.22. The highest BCUT2D eigenvalue weighted by molar-refractivity contribution is 7.91. The zero-order chi connectivity index (χ0) is 14.2. The van der Waals surface area contributed by atoms with Gasteiger partial charge in [0, 0.05) is 18.0 Å². The second-order valence-electron chi connectivity index (χ2n) is 4.94. The normalized spacial score (nSPS) is 25.4. The molecule has 1 aliphatic rings. The number of carboxylic acid groups (broad SMARTS) is 1. The lowest BCUT2D eigenvalue weighted by Crippen LogP contribution is -2.45. The molecule has 106 valence electrons. The van der Waals surface area contributed by atoms with E-state index >= 15 is 0 Å². The van der Waals surface area contributed by atoms with Crippen LogP contribution in [0, 0.1) is 5.92 Å². The summed E-state index contributed by atoms with van der Waals surface area (Å²) in [6.45, 7) is 4.46. The van der Waals surface area contributed by atoms with Crippen LogP contribution < -0.4 is 0 Å². The van der Waals surface area contributed by atoms with E-state index in [-0.39, 0.29) is 15.8 Å². The topological polar surface area (TPSA) is 74.7 Å². The first-order valence-electron chi connectivity index (χ1n) is 6.17. The lowest BCUT2D eigenvalue weighted by Gasteiger charge is -2.36. The largest absolute Gasteiger partial charge is 0.478 e. The molecule has 5 nitrogen and oxygen atoms in total. The highest BCUT2D eigenvalue weighted by atomic mass is 32.2. The number of hydrogen-bond acceptors (Lipinski definition) is 4. The van der Waals surface area contributed by atoms with E-state index in [0.717, 1.165) is 24.2 Å². The Balaban J connectivity index is 2.33. The van der Waals surface area contributed by atoms with Gasteiger partial charge in [0.25, 0.3) is 10.0 Å². The van der Waals surface area contributed by atoms with Crippen molar-refractivity contribution in [1.82, 2.24) is 4.31 Å². The zero-order valence-electron chi connectivity index (χ0n) is 10.9. The Morgan fingerprint density at radius 3 is 2.74 bits per heavy atom. The van der Waals surface area contributed by atoms with Crippen molar-refractivity contribution < 1.29 is 18.3 Å². The molecule has 2 heterocycles. The molecular formula is C12H17NO4S2. The second-order valence-corrected chi connectivity index (χ2v) is 7.96. The van der Waals surface area contributed by atoms with E-state index in [1.807, 2.05) is 13.8 Å². The van der Waals surface area contributed by atoms with Crippen LogP contribution in [-0.2, 0) is 10.0 Å². The molecule has 0 amide bonds. The van der Waals surface area contributed by atoms with Gasteiger partial charge in [-0.2, -0.15) is 4.31 Å². The maximum absolute atomic E-state index is 12.5. The Bertz CT molecular complexity index is 578. The van der Waals surface area contributed by atoms with Gasteiger partial charge in [-0.1, -0.05) is 6.92 Å². The number of rotatable bonds is 3. The Kier molecular flexibility index (Phi) is 3.98. The van der Waals surface area contributed by atoms with Crippen molar-refractivity contribution in [3.63, 3.8) is 0 Å². The molecule has 0 saturated carbocycles. The van der Waals surface area contributed by atoms with Gasteiger partial charge in [0.1, 0.15) is 4.21 Å². The predicted molar refractivity (Wildman–Crippen MR) is 73.0 cm³/mol. The van der Waals surface area contributed by atoms with E-state index in [2.05, 4.69) is 0 Å². The average molecular weight is 303 g/mol. The van der Waals surface area contributed by atoms with Crippen molar-refractivity contribution in [2.75, 3.05) is 6.54 Å². The Hall–Kier alpha value is -0.920. The summed E-state index contributed by atoms with van der Waals surface area (Å²) in [6, 6.07) is 1.20. The number of carbonyl (C=O) groups is 1. The number of thiophene rings is 1. The van der Waals surface area contributed by atoms with E-state index in [4.69, 9.17) is 5.11 Å². The van der Waals surface area contributed by atoms with Crippen molar-refractivity contribution in [2.24, 2.45) is 5.92 Å². The summed E-state index contributed by atoms with van der Waals surface area (Å²) < 4.78 is 26.7. The van der Waals surface area contributed by atoms with Crippen molar-refractivity contribution in [3.05, 3.63) is 17.0 Å². The molecule has 0 bridgehead atoms. The highest BCUT2D eigenvalue weighted by Crippen LogP contribution is 2.31. The third-order valence-corrected chi connectivity index (χ3v) is 7.10. The van der Waals surface area contributed by atoms with Crippen molar-refractivity contribution in [2.45, 2.75) is 36.9 Å². The maximum Gasteiger partial charge on any atom is 0.336 e. The molecule has 1 aromatic heterocycles. The SMILES string of the molecule is CC1CCCN(S(=O)(=O)c2cc(C(=O)O)cs2)C1C. The van der Waals surface area contributed by atoms with Gasteiger partial charge in [-0.15, -0.1) is 11.3 Å². The van der Waals surface area contributed by atoms with Crippen molar-refractivity contribution >= 4 is 27.3 Å². The summed E-state index contributed by atoms with van der Waals surface area (Å²) in [6.07, 6.45) is 1.87. The van der Waals surface area contributed by atoms with E-state index in [0.29, 0.717) is 12.5 Å². The van der Waals surface area contributed by atoms with E-state index in [1.165, 1.54) is 15.8 Å². The monoisotopic (exact) mass is 303 g/mol. The van der Waals surface area contributed by atoms with Gasteiger partial charge in [0.15, 0.2) is 0 Å². The van der Waals surface area contributed by atoms with E-state index in [9.17, 15) is 13.2 Å². The van der Waals surface area contributed by atoms with Crippen molar-refractivity contribution in [1.29, 1.82) is 0 Å². The molecule has 19 heavy (non-hydrogen) atoms. The van der Waals surface area contributed by atoms with Crippen LogP contribution in [0.2, 0.25) is 0 Å². The number of carboxylic acids is 1. The molecule has 0 aromatic carbocycles. The molecule has 0 spiro atoms. The fourth-order valence-corrected chi connectivity index (χ4v) is 5.36. The van der Waals surface area contributed by atoms with Gasteiger partial charge in [-0.25, -0.2) is 13.2 Å².